The van der Waals surface area contributed by atoms with Gasteiger partial charge in [-0.3, -0.25) is 9.58 Å². The minimum absolute atomic E-state index is 0.104. The Balaban J connectivity index is 1.43. The standard InChI is InChI=1S/C30H44ClN7O/c1-6-36(22-14-39-15-22)20-7-8-37(29(4,5)10-20)28-25(26-23(13-32)24(33)9-18(2)27(26)31)19(3)38(35-28)21-11-30(12-21)16-34-17-30/h9,13,20-22,32,34H,6-8,10-12,14-17,33H2,1-5H3. The van der Waals surface area contributed by atoms with Crippen LogP contribution in [-0.4, -0.2) is 77.9 Å². The highest BCUT2D eigenvalue weighted by atomic mass is 35.5. The highest BCUT2D eigenvalue weighted by Gasteiger charge is 2.50. The Bertz CT molecular complexity index is 1270. The third-order valence-electron chi connectivity index (χ3n) is 10.1. The van der Waals surface area contributed by atoms with E-state index in [4.69, 9.17) is 32.6 Å². The number of ether oxygens (including phenoxy) is 1. The van der Waals surface area contributed by atoms with E-state index in [0.29, 0.717) is 39.8 Å². The number of anilines is 2. The molecule has 1 aromatic carbocycles. The number of aryl methyl sites for hydroxylation is 1. The Morgan fingerprint density at radius 3 is 2.46 bits per heavy atom. The van der Waals surface area contributed by atoms with E-state index in [1.807, 2.05) is 13.0 Å². The highest BCUT2D eigenvalue weighted by molar-refractivity contribution is 6.35. The zero-order valence-electron chi connectivity index (χ0n) is 24.1. The van der Waals surface area contributed by atoms with Gasteiger partial charge >= 0.3 is 0 Å². The minimum Gasteiger partial charge on any atom is -0.398 e. The third-order valence-corrected chi connectivity index (χ3v) is 10.5. The molecule has 6 rings (SSSR count). The summed E-state index contributed by atoms with van der Waals surface area (Å²) in [6, 6.07) is 3.33. The predicted molar refractivity (Wildman–Crippen MR) is 159 cm³/mol. The van der Waals surface area contributed by atoms with Crippen molar-refractivity contribution in [1.82, 2.24) is 20.0 Å². The normalized spacial score (nSPS) is 24.5. The SMILES string of the molecule is CCN(C1COC1)C1CCN(c2nn(C3CC4(CNC4)C3)c(C)c2-c2c(Cl)c(C)cc(N)c2C=N)C(C)(C)C1. The first-order valence-electron chi connectivity index (χ1n) is 14.6. The van der Waals surface area contributed by atoms with E-state index in [1.54, 1.807) is 0 Å². The molecule has 212 valence electrons. The third kappa shape index (κ3) is 4.30. The molecule has 2 aromatic rings. The molecule has 9 heteroatoms. The Morgan fingerprint density at radius 1 is 1.21 bits per heavy atom. The molecule has 1 spiro atoms. The van der Waals surface area contributed by atoms with E-state index in [-0.39, 0.29) is 5.54 Å². The van der Waals surface area contributed by atoms with Crippen molar-refractivity contribution < 1.29 is 4.74 Å². The van der Waals surface area contributed by atoms with Crippen LogP contribution in [0.15, 0.2) is 6.07 Å². The summed E-state index contributed by atoms with van der Waals surface area (Å²) in [7, 11) is 0. The van der Waals surface area contributed by atoms with Gasteiger partial charge in [-0.05, 0) is 77.0 Å². The van der Waals surface area contributed by atoms with E-state index in [2.05, 4.69) is 47.5 Å². The van der Waals surface area contributed by atoms with Crippen LogP contribution in [-0.2, 0) is 4.74 Å². The molecule has 3 saturated heterocycles. The highest BCUT2D eigenvalue weighted by Crippen LogP contribution is 2.53. The van der Waals surface area contributed by atoms with Crippen molar-refractivity contribution in [3.63, 3.8) is 0 Å². The van der Waals surface area contributed by atoms with Crippen LogP contribution in [0.1, 0.15) is 69.3 Å². The number of piperidine rings is 1. The van der Waals surface area contributed by atoms with Gasteiger partial charge in [0.05, 0.1) is 30.3 Å². The summed E-state index contributed by atoms with van der Waals surface area (Å²) in [5, 5.41) is 17.8. The zero-order chi connectivity index (χ0) is 27.7. The first-order valence-corrected chi connectivity index (χ1v) is 15.0. The zero-order valence-corrected chi connectivity index (χ0v) is 24.9. The maximum atomic E-state index is 8.26. The number of nitrogens with zero attached hydrogens (tertiary/aromatic N) is 4. The molecule has 1 saturated carbocycles. The second kappa shape index (κ2) is 9.75. The maximum Gasteiger partial charge on any atom is 0.159 e. The summed E-state index contributed by atoms with van der Waals surface area (Å²) in [6.45, 7) is 17.0. The van der Waals surface area contributed by atoms with Crippen molar-refractivity contribution in [3.05, 3.63) is 27.9 Å². The number of halogens is 1. The van der Waals surface area contributed by atoms with Crippen molar-refractivity contribution in [2.75, 3.05) is 50.0 Å². The molecule has 4 N–H and O–H groups in total. The summed E-state index contributed by atoms with van der Waals surface area (Å²) < 4.78 is 7.81. The van der Waals surface area contributed by atoms with Crippen molar-refractivity contribution in [2.45, 2.75) is 84.0 Å². The van der Waals surface area contributed by atoms with Crippen molar-refractivity contribution in [1.29, 1.82) is 5.41 Å². The number of nitrogen functional groups attached to an aromatic ring is 1. The Labute approximate surface area is 237 Å². The molecule has 1 unspecified atom stereocenters. The molecule has 39 heavy (non-hydrogen) atoms. The van der Waals surface area contributed by atoms with Gasteiger partial charge in [0.2, 0.25) is 0 Å². The summed E-state index contributed by atoms with van der Waals surface area (Å²) in [5.74, 6) is 0.980. The minimum atomic E-state index is -0.104. The monoisotopic (exact) mass is 553 g/mol. The average molecular weight is 554 g/mol. The Hall–Kier alpha value is -2.13. The van der Waals surface area contributed by atoms with E-state index in [1.165, 1.54) is 6.21 Å². The largest absolute Gasteiger partial charge is 0.398 e. The van der Waals surface area contributed by atoms with E-state index >= 15 is 0 Å². The number of hydrogen-bond donors (Lipinski definition) is 3. The maximum absolute atomic E-state index is 8.26. The fourth-order valence-electron chi connectivity index (χ4n) is 7.73. The Morgan fingerprint density at radius 2 is 1.92 bits per heavy atom. The fraction of sp³-hybridized carbons (Fsp3) is 0.667. The van der Waals surface area contributed by atoms with E-state index in [0.717, 1.165) is 93.3 Å². The molecule has 4 aliphatic rings. The van der Waals surface area contributed by atoms with Crippen LogP contribution in [0.5, 0.6) is 0 Å². The number of hydrogen-bond acceptors (Lipinski definition) is 7. The van der Waals surface area contributed by atoms with Crippen LogP contribution in [0.4, 0.5) is 11.5 Å². The molecule has 4 fully saturated rings. The molecule has 1 aliphatic carbocycles. The van der Waals surface area contributed by atoms with Crippen LogP contribution in [0.25, 0.3) is 11.1 Å². The van der Waals surface area contributed by atoms with Crippen LogP contribution >= 0.6 is 11.6 Å². The number of benzene rings is 1. The quantitative estimate of drug-likeness (QED) is 0.337. The lowest BCUT2D eigenvalue weighted by Crippen LogP contribution is -2.61. The molecule has 1 aromatic heterocycles. The summed E-state index contributed by atoms with van der Waals surface area (Å²) in [4.78, 5) is 5.16. The molecule has 8 nitrogen and oxygen atoms in total. The van der Waals surface area contributed by atoms with Gasteiger partial charge in [0, 0.05) is 65.5 Å². The van der Waals surface area contributed by atoms with Crippen LogP contribution < -0.4 is 16.0 Å². The van der Waals surface area contributed by atoms with Gasteiger partial charge < -0.3 is 26.1 Å². The van der Waals surface area contributed by atoms with Gasteiger partial charge in [-0.25, -0.2) is 0 Å². The topological polar surface area (TPSA) is 95.4 Å². The lowest BCUT2D eigenvalue weighted by molar-refractivity contribution is -0.0836. The molecule has 3 aliphatic heterocycles. The number of aromatic nitrogens is 2. The van der Waals surface area contributed by atoms with Crippen LogP contribution in [0.3, 0.4) is 0 Å². The second-order valence-electron chi connectivity index (χ2n) is 13.1. The summed E-state index contributed by atoms with van der Waals surface area (Å²) in [6.07, 6.45) is 5.80. The van der Waals surface area contributed by atoms with Crippen molar-refractivity contribution >= 4 is 29.3 Å². The first kappa shape index (κ1) is 27.1. The van der Waals surface area contributed by atoms with E-state index in [9.17, 15) is 0 Å². The summed E-state index contributed by atoms with van der Waals surface area (Å²) in [5.41, 5.74) is 12.0. The number of likely N-dealkylation sites (N-methyl/N-ethyl adjacent to an activating group) is 1. The van der Waals surface area contributed by atoms with Gasteiger partial charge in [-0.1, -0.05) is 18.5 Å². The molecular formula is C30H44ClN7O. The van der Waals surface area contributed by atoms with Crippen LogP contribution in [0.2, 0.25) is 5.02 Å². The van der Waals surface area contributed by atoms with Gasteiger partial charge in [0.25, 0.3) is 0 Å². The predicted octanol–water partition coefficient (Wildman–Crippen LogP) is 4.79. The lowest BCUT2D eigenvalue weighted by Gasteiger charge is -2.54. The lowest BCUT2D eigenvalue weighted by atomic mass is 9.61. The molecule has 0 bridgehead atoms. The van der Waals surface area contributed by atoms with E-state index < -0.39 is 0 Å². The van der Waals surface area contributed by atoms with Gasteiger partial charge in [0.15, 0.2) is 5.82 Å². The first-order chi connectivity index (χ1) is 18.6. The molecule has 0 radical (unpaired) electrons. The number of nitrogens with one attached hydrogen (secondary N) is 2. The van der Waals surface area contributed by atoms with Gasteiger partial charge in [-0.15, -0.1) is 0 Å². The van der Waals surface area contributed by atoms with Gasteiger partial charge in [-0.2, -0.15) is 5.10 Å². The molecule has 1 atom stereocenters. The number of rotatable bonds is 7. The number of nitrogens with two attached hydrogens (primary N) is 1. The van der Waals surface area contributed by atoms with Crippen molar-refractivity contribution in [3.8, 4) is 11.1 Å². The van der Waals surface area contributed by atoms with Crippen molar-refractivity contribution in [2.24, 2.45) is 5.41 Å². The van der Waals surface area contributed by atoms with Gasteiger partial charge in [0.1, 0.15) is 0 Å². The fourth-order valence-corrected chi connectivity index (χ4v) is 7.98. The average Bonchev–Trinajstić information content (AvgIpc) is 3.11. The van der Waals surface area contributed by atoms with Crippen LogP contribution in [0, 0.1) is 24.7 Å². The molecule has 4 heterocycles. The molecular weight excluding hydrogens is 510 g/mol. The smallest absolute Gasteiger partial charge is 0.159 e. The Kier molecular flexibility index (Phi) is 6.77. The molecule has 0 amide bonds. The second-order valence-corrected chi connectivity index (χ2v) is 13.4. The summed E-state index contributed by atoms with van der Waals surface area (Å²) >= 11 is 7.05.